The van der Waals surface area contributed by atoms with Crippen molar-refractivity contribution in [2.24, 2.45) is 0 Å². The van der Waals surface area contributed by atoms with Crippen LogP contribution in [0.2, 0.25) is 0 Å². The number of phenolic OH excluding ortho intramolecular Hbond substituents is 1. The topological polar surface area (TPSA) is 76.5 Å². The molecule has 1 aliphatic rings. The van der Waals surface area contributed by atoms with E-state index in [4.69, 9.17) is 0 Å². The van der Waals surface area contributed by atoms with Crippen LogP contribution in [0.3, 0.4) is 0 Å². The molecule has 80 heavy (non-hydrogen) atoms. The number of hydrogen-bond acceptors (Lipinski definition) is 4. The summed E-state index contributed by atoms with van der Waals surface area (Å²) in [6.07, 6.45) is 0. The van der Waals surface area contributed by atoms with Crippen LogP contribution < -0.4 is 15.1 Å². The number of nitrogens with one attached hydrogen (secondary N) is 2. The summed E-state index contributed by atoms with van der Waals surface area (Å²) in [7, 11) is 0. The SMILES string of the molecule is Cc1ccc(C2(c3ccc4c(c3)c3ccccc3n4-c3ccccc3)c3ccccc3-c3ccccc32)cc1.Oc1cc2ccccc2cc1-c1[nH+]c2ccccc2s1.[Be+2].[O-]c1cc2ccccc2cc1-c1[nH+]c2ccccc2s1. The summed E-state index contributed by atoms with van der Waals surface area (Å²) >= 11 is 3.28. The van der Waals surface area contributed by atoms with Crippen molar-refractivity contribution in [2.45, 2.75) is 12.3 Å². The van der Waals surface area contributed by atoms with E-state index in [-0.39, 0.29) is 15.9 Å². The number of nitrogens with zero attached hydrogens (tertiary/aromatic N) is 1. The number of benzene rings is 12. The van der Waals surface area contributed by atoms with E-state index in [1.165, 1.54) is 71.1 Å². The van der Waals surface area contributed by atoms with Crippen molar-refractivity contribution in [3.63, 3.8) is 0 Å². The van der Waals surface area contributed by atoms with Crippen LogP contribution in [0.25, 0.3) is 102 Å². The molecule has 5 nitrogen and oxygen atoms in total. The largest absolute Gasteiger partial charge is 2.00 e. The van der Waals surface area contributed by atoms with E-state index in [0.717, 1.165) is 58.4 Å². The monoisotopic (exact) mass is 1060 g/mol. The van der Waals surface area contributed by atoms with Crippen LogP contribution in [0.5, 0.6) is 11.5 Å². The second-order valence-electron chi connectivity index (χ2n) is 20.1. The van der Waals surface area contributed by atoms with Crippen LogP contribution in [0.1, 0.15) is 27.8 Å². The van der Waals surface area contributed by atoms with Gasteiger partial charge in [-0.25, -0.2) is 0 Å². The van der Waals surface area contributed by atoms with Crippen LogP contribution in [0.15, 0.2) is 267 Å². The number of thiazole rings is 2. The molecular weight excluding hydrogens is 1010 g/mol. The number of rotatable bonds is 5. The molecular formula is C72H50BeN3O2S2+3. The zero-order chi connectivity index (χ0) is 53.0. The number of fused-ring (bicyclic) bond motifs is 10. The first-order valence-corrected chi connectivity index (χ1v) is 28.1. The van der Waals surface area contributed by atoms with Gasteiger partial charge >= 0.3 is 10.1 Å². The van der Waals surface area contributed by atoms with Gasteiger partial charge in [-0.1, -0.05) is 228 Å². The third kappa shape index (κ3) is 8.60. The first-order chi connectivity index (χ1) is 38.9. The zero-order valence-electron chi connectivity index (χ0n) is 43.7. The van der Waals surface area contributed by atoms with Crippen molar-refractivity contribution in [1.82, 2.24) is 4.57 Å². The standard InChI is InChI=1S/C38H27N.2C17H11NOS.Be/c1-26-19-21-27(22-20-26)38(34-16-8-5-13-30(34)31-14-6-9-17-35(31)38)28-23-24-37-33(25-28)32-15-7-10-18-36(32)39(37)29-11-3-2-4-12-29;2*19-15-10-12-6-2-1-5-11(12)9-13(15)17-18-14-7-3-4-8-16(14)20-17;/h2-25H,1H3;2*1-10,19H;/q;;;+2/p+1. The van der Waals surface area contributed by atoms with Crippen LogP contribution in [0, 0.1) is 6.92 Å². The summed E-state index contributed by atoms with van der Waals surface area (Å²) in [5, 5.41) is 31.3. The van der Waals surface area contributed by atoms with Crippen molar-refractivity contribution in [1.29, 1.82) is 0 Å². The van der Waals surface area contributed by atoms with Gasteiger partial charge in [-0.05, 0) is 123 Å². The van der Waals surface area contributed by atoms with Crippen LogP contribution in [0.4, 0.5) is 0 Å². The Morgan fingerprint density at radius 3 is 1.51 bits per heavy atom. The van der Waals surface area contributed by atoms with E-state index >= 15 is 0 Å². The molecule has 3 N–H and O–H groups in total. The maximum Gasteiger partial charge on any atom is 2.00 e. The Morgan fingerprint density at radius 1 is 0.412 bits per heavy atom. The maximum atomic E-state index is 12.3. The van der Waals surface area contributed by atoms with Crippen LogP contribution >= 0.6 is 22.7 Å². The maximum absolute atomic E-state index is 12.3. The number of aromatic amines is 2. The molecule has 0 spiro atoms. The van der Waals surface area contributed by atoms with Gasteiger partial charge in [-0.15, -0.1) is 0 Å². The van der Waals surface area contributed by atoms with Gasteiger partial charge in [0.2, 0.25) is 11.0 Å². The summed E-state index contributed by atoms with van der Waals surface area (Å²) in [5.41, 5.74) is 16.2. The smallest absolute Gasteiger partial charge is 0.872 e. The molecule has 0 bridgehead atoms. The van der Waals surface area contributed by atoms with Crippen molar-refractivity contribution in [3.05, 3.63) is 295 Å². The molecule has 0 radical (unpaired) electrons. The summed E-state index contributed by atoms with van der Waals surface area (Å²) in [6, 6.07) is 93.5. The number of phenols is 1. The molecule has 16 rings (SSSR count). The fourth-order valence-corrected chi connectivity index (χ4v) is 13.8. The fraction of sp³-hybridized carbons (Fsp3) is 0.0278. The molecule has 12 aromatic carbocycles. The molecule has 3 heterocycles. The number of hydrogen-bond donors (Lipinski definition) is 1. The summed E-state index contributed by atoms with van der Waals surface area (Å²) < 4.78 is 4.74. The minimum atomic E-state index is -0.398. The quantitative estimate of drug-likeness (QED) is 0.174. The minimum Gasteiger partial charge on any atom is -0.872 e. The van der Waals surface area contributed by atoms with Gasteiger partial charge in [0.05, 0.1) is 27.6 Å². The molecule has 0 saturated carbocycles. The Bertz CT molecular complexity index is 4530. The molecule has 15 aromatic rings. The average molecular weight is 1060 g/mol. The number of para-hydroxylation sites is 4. The third-order valence-corrected chi connectivity index (χ3v) is 17.7. The van der Waals surface area contributed by atoms with Crippen molar-refractivity contribution < 1.29 is 20.2 Å². The first-order valence-electron chi connectivity index (χ1n) is 26.5. The molecule has 376 valence electrons. The number of aryl methyl sites for hydroxylation is 1. The second kappa shape index (κ2) is 20.7. The molecule has 0 fully saturated rings. The molecule has 8 heteroatoms. The van der Waals surface area contributed by atoms with E-state index in [9.17, 15) is 10.2 Å². The van der Waals surface area contributed by atoms with E-state index < -0.39 is 5.41 Å². The normalized spacial score (nSPS) is 12.2. The van der Waals surface area contributed by atoms with Gasteiger partial charge in [-0.2, -0.15) is 9.97 Å². The van der Waals surface area contributed by atoms with Gasteiger partial charge in [0, 0.05) is 28.6 Å². The zero-order valence-corrected chi connectivity index (χ0v) is 45.4. The number of aromatic nitrogens is 3. The molecule has 1 aliphatic carbocycles. The summed E-state index contributed by atoms with van der Waals surface area (Å²) in [4.78, 5) is 6.71. The van der Waals surface area contributed by atoms with E-state index in [1.54, 1.807) is 28.7 Å². The summed E-state index contributed by atoms with van der Waals surface area (Å²) in [6.45, 7) is 2.16. The second-order valence-corrected chi connectivity index (χ2v) is 22.2. The van der Waals surface area contributed by atoms with Crippen molar-refractivity contribution in [3.8, 4) is 49.5 Å². The molecule has 0 amide bonds. The van der Waals surface area contributed by atoms with Crippen LogP contribution in [-0.2, 0) is 5.41 Å². The van der Waals surface area contributed by atoms with E-state index in [0.29, 0.717) is 5.75 Å². The molecule has 0 aliphatic heterocycles. The third-order valence-electron chi connectivity index (χ3n) is 15.5. The van der Waals surface area contributed by atoms with Gasteiger partial charge in [0.25, 0.3) is 10.0 Å². The Morgan fingerprint density at radius 2 is 0.887 bits per heavy atom. The molecule has 0 atom stereocenters. The number of aromatic hydroxyl groups is 1. The average Bonchev–Trinajstić information content (AvgIpc) is 3.28. The number of H-pyrrole nitrogens is 2. The van der Waals surface area contributed by atoms with Crippen molar-refractivity contribution >= 4 is 96.6 Å². The van der Waals surface area contributed by atoms with Crippen molar-refractivity contribution in [2.75, 3.05) is 0 Å². The van der Waals surface area contributed by atoms with E-state index in [1.807, 2.05) is 97.1 Å². The fourth-order valence-electron chi connectivity index (χ4n) is 11.8. The minimum absolute atomic E-state index is 0. The predicted octanol–water partition coefficient (Wildman–Crippen LogP) is 16.9. The molecule has 3 aromatic heterocycles. The van der Waals surface area contributed by atoms with Gasteiger partial charge in [0.1, 0.15) is 15.1 Å². The van der Waals surface area contributed by atoms with Crippen LogP contribution in [-0.4, -0.2) is 19.8 Å². The molecule has 0 saturated heterocycles. The van der Waals surface area contributed by atoms with Gasteiger partial charge in [0.15, 0.2) is 0 Å². The van der Waals surface area contributed by atoms with Gasteiger partial charge < -0.3 is 14.8 Å². The van der Waals surface area contributed by atoms with E-state index in [2.05, 4.69) is 185 Å². The molecule has 0 unspecified atom stereocenters. The summed E-state index contributed by atoms with van der Waals surface area (Å²) in [5.74, 6) is 0.373. The first kappa shape index (κ1) is 50.0. The Labute approximate surface area is 474 Å². The Hall–Kier alpha value is -9.49. The predicted molar refractivity (Wildman–Crippen MR) is 332 cm³/mol. The Kier molecular flexibility index (Phi) is 13.0. The Balaban J connectivity index is 0.000000124. The van der Waals surface area contributed by atoms with Gasteiger partial charge in [-0.3, -0.25) is 0 Å².